The minimum Gasteiger partial charge on any atom is -0.378 e. The van der Waals surface area contributed by atoms with E-state index in [0.717, 1.165) is 29.8 Å². The van der Waals surface area contributed by atoms with Gasteiger partial charge in [0, 0.05) is 49.1 Å². The first-order valence-corrected chi connectivity index (χ1v) is 14.0. The molecule has 0 spiro atoms. The molecule has 12 heteroatoms. The number of fused-ring (bicyclic) bond motifs is 1. The summed E-state index contributed by atoms with van der Waals surface area (Å²) in [6, 6.07) is 10.5. The molecule has 0 saturated carbocycles. The van der Waals surface area contributed by atoms with Gasteiger partial charge in [0.25, 0.3) is 5.91 Å². The Hall–Kier alpha value is -2.05. The van der Waals surface area contributed by atoms with E-state index in [1.165, 1.54) is 6.92 Å². The number of nitrogens with zero attached hydrogens (tertiary/aromatic N) is 1. The van der Waals surface area contributed by atoms with Crippen LogP contribution in [0.2, 0.25) is 10.0 Å². The molecule has 1 aliphatic rings. The number of rotatable bonds is 13. The number of carbonyl (C=O) groups is 2. The van der Waals surface area contributed by atoms with E-state index >= 15 is 0 Å². The Bertz CT molecular complexity index is 1210. The Morgan fingerprint density at radius 1 is 1.03 bits per heavy atom. The Balaban J connectivity index is 1.45. The number of benzene rings is 2. The van der Waals surface area contributed by atoms with Gasteiger partial charge in [0.1, 0.15) is 0 Å². The third-order valence-electron chi connectivity index (χ3n) is 5.85. The van der Waals surface area contributed by atoms with Crippen LogP contribution in [0.4, 0.5) is 0 Å². The second-order valence-electron chi connectivity index (χ2n) is 8.71. The number of Topliss-reactive ketones (excluding diaryl/α,β-unsaturated/α-hetero) is 1. The number of ether oxygens (including phenoxy) is 2. The summed E-state index contributed by atoms with van der Waals surface area (Å²) in [6.07, 6.45) is 0. The minimum atomic E-state index is -3.69. The number of halogens is 2. The molecular formula is C25H31Cl2N3O6S. The molecule has 9 nitrogen and oxygen atoms in total. The molecule has 3 rings (SSSR count). The second-order valence-corrected chi connectivity index (χ2v) is 11.3. The van der Waals surface area contributed by atoms with E-state index in [1.54, 1.807) is 18.2 Å². The van der Waals surface area contributed by atoms with Crippen molar-refractivity contribution in [2.24, 2.45) is 0 Å². The minimum absolute atomic E-state index is 0.0238. The number of nitrogens with one attached hydrogen (secondary N) is 2. The summed E-state index contributed by atoms with van der Waals surface area (Å²) in [7, 11) is -1.67. The molecule has 2 aromatic carbocycles. The predicted octanol–water partition coefficient (Wildman–Crippen LogP) is 2.59. The summed E-state index contributed by atoms with van der Waals surface area (Å²) in [5.74, 6) is -1.18. The number of likely N-dealkylation sites (N-methyl/N-ethyl adjacent to an activating group) is 1. The van der Waals surface area contributed by atoms with Gasteiger partial charge in [-0.2, -0.15) is 0 Å². The molecule has 2 N–H and O–H groups in total. The molecule has 0 bridgehead atoms. The van der Waals surface area contributed by atoms with E-state index in [0.29, 0.717) is 10.0 Å². The Morgan fingerprint density at radius 2 is 1.68 bits per heavy atom. The molecule has 37 heavy (non-hydrogen) atoms. The van der Waals surface area contributed by atoms with Crippen LogP contribution in [-0.2, 0) is 35.6 Å². The zero-order chi connectivity index (χ0) is 27.0. The Labute approximate surface area is 227 Å². The predicted molar refractivity (Wildman–Crippen MR) is 142 cm³/mol. The van der Waals surface area contributed by atoms with E-state index in [1.807, 2.05) is 25.2 Å². The smallest absolute Gasteiger partial charge is 0.287 e. The molecule has 0 saturated heterocycles. The SMILES string of the molecule is CC(=O)C(=O)NCCOCCOCCNS(=O)(=O)c1ccc(C2CN(C)Cc3c(Cl)cc(Cl)cc32)cc1. The fourth-order valence-electron chi connectivity index (χ4n) is 4.02. The van der Waals surface area contributed by atoms with Gasteiger partial charge in [-0.15, -0.1) is 0 Å². The monoisotopic (exact) mass is 571 g/mol. The average Bonchev–Trinajstić information content (AvgIpc) is 2.85. The van der Waals surface area contributed by atoms with Gasteiger partial charge in [-0.3, -0.25) is 9.59 Å². The van der Waals surface area contributed by atoms with E-state index in [-0.39, 0.29) is 50.3 Å². The molecule has 2 aromatic rings. The molecule has 0 radical (unpaired) electrons. The van der Waals surface area contributed by atoms with E-state index in [9.17, 15) is 18.0 Å². The highest BCUT2D eigenvalue weighted by molar-refractivity contribution is 7.89. The van der Waals surface area contributed by atoms with Crippen molar-refractivity contribution >= 4 is 44.9 Å². The molecule has 0 fully saturated rings. The third-order valence-corrected chi connectivity index (χ3v) is 7.88. The molecular weight excluding hydrogens is 541 g/mol. The van der Waals surface area contributed by atoms with E-state index < -0.39 is 21.7 Å². The van der Waals surface area contributed by atoms with E-state index in [2.05, 4.69) is 14.9 Å². The standard InChI is InChI=1S/C25H31Cl2N3O6S/c1-17(31)25(32)28-7-9-35-11-12-36-10-8-29-37(33,34)20-5-3-18(4-6-20)22-15-30(2)16-23-21(22)13-19(26)14-24(23)27/h3-6,13-14,22,29H,7-12,15-16H2,1-2H3,(H,28,32). The summed E-state index contributed by atoms with van der Waals surface area (Å²) < 4.78 is 38.5. The summed E-state index contributed by atoms with van der Waals surface area (Å²) >= 11 is 12.7. The Kier molecular flexibility index (Phi) is 10.9. The number of amides is 1. The molecule has 1 heterocycles. The van der Waals surface area contributed by atoms with Crippen LogP contribution >= 0.6 is 23.2 Å². The normalized spacial score (nSPS) is 15.8. The number of carbonyl (C=O) groups excluding carboxylic acids is 2. The van der Waals surface area contributed by atoms with Gasteiger partial charge in [-0.1, -0.05) is 35.3 Å². The average molecular weight is 573 g/mol. The largest absolute Gasteiger partial charge is 0.378 e. The molecule has 0 aliphatic carbocycles. The van der Waals surface area contributed by atoms with Crippen LogP contribution in [0.3, 0.4) is 0 Å². The summed E-state index contributed by atoms with van der Waals surface area (Å²) in [5.41, 5.74) is 3.08. The first kappa shape index (κ1) is 29.5. The van der Waals surface area contributed by atoms with Gasteiger partial charge in [0.05, 0.1) is 31.3 Å². The quantitative estimate of drug-likeness (QED) is 0.280. The topological polar surface area (TPSA) is 114 Å². The van der Waals surface area contributed by atoms with Gasteiger partial charge in [0.15, 0.2) is 0 Å². The van der Waals surface area contributed by atoms with Crippen molar-refractivity contribution in [1.29, 1.82) is 0 Å². The lowest BCUT2D eigenvalue weighted by Gasteiger charge is -2.33. The van der Waals surface area contributed by atoms with Crippen molar-refractivity contribution in [3.05, 3.63) is 63.1 Å². The van der Waals surface area contributed by atoms with Gasteiger partial charge in [0.2, 0.25) is 15.8 Å². The van der Waals surface area contributed by atoms with Crippen LogP contribution in [0.5, 0.6) is 0 Å². The van der Waals surface area contributed by atoms with Gasteiger partial charge < -0.3 is 19.7 Å². The first-order valence-electron chi connectivity index (χ1n) is 11.8. The highest BCUT2D eigenvalue weighted by atomic mass is 35.5. The number of hydrogen-bond donors (Lipinski definition) is 2. The van der Waals surface area contributed by atoms with Crippen molar-refractivity contribution in [3.8, 4) is 0 Å². The third kappa shape index (κ3) is 8.47. The Morgan fingerprint density at radius 3 is 2.32 bits per heavy atom. The summed E-state index contributed by atoms with van der Waals surface area (Å²) in [4.78, 5) is 24.2. The van der Waals surface area contributed by atoms with Crippen LogP contribution in [0, 0.1) is 0 Å². The highest BCUT2D eigenvalue weighted by Gasteiger charge is 2.27. The van der Waals surface area contributed by atoms with Crippen LogP contribution < -0.4 is 10.0 Å². The molecule has 202 valence electrons. The lowest BCUT2D eigenvalue weighted by atomic mass is 9.85. The second kappa shape index (κ2) is 13.7. The maximum absolute atomic E-state index is 12.7. The molecule has 1 amide bonds. The van der Waals surface area contributed by atoms with Crippen molar-refractivity contribution in [1.82, 2.24) is 14.9 Å². The van der Waals surface area contributed by atoms with Gasteiger partial charge in [-0.05, 0) is 48.0 Å². The van der Waals surface area contributed by atoms with Crippen molar-refractivity contribution in [2.45, 2.75) is 24.3 Å². The fourth-order valence-corrected chi connectivity index (χ4v) is 5.61. The maximum Gasteiger partial charge on any atom is 0.287 e. The molecule has 0 aromatic heterocycles. The lowest BCUT2D eigenvalue weighted by molar-refractivity contribution is -0.136. The molecule has 1 unspecified atom stereocenters. The molecule has 1 aliphatic heterocycles. The fraction of sp³-hybridized carbons (Fsp3) is 0.440. The summed E-state index contributed by atoms with van der Waals surface area (Å²) in [5, 5.41) is 3.63. The maximum atomic E-state index is 12.7. The number of hydrogen-bond acceptors (Lipinski definition) is 7. The summed E-state index contributed by atoms with van der Waals surface area (Å²) in [6.45, 7) is 3.98. The zero-order valence-electron chi connectivity index (χ0n) is 20.8. The molecule has 1 atom stereocenters. The van der Waals surface area contributed by atoms with E-state index in [4.69, 9.17) is 32.7 Å². The van der Waals surface area contributed by atoms with Crippen molar-refractivity contribution in [2.75, 3.05) is 53.1 Å². The van der Waals surface area contributed by atoms with Crippen LogP contribution in [0.1, 0.15) is 29.5 Å². The van der Waals surface area contributed by atoms with Crippen LogP contribution in [-0.4, -0.2) is 78.1 Å². The van der Waals surface area contributed by atoms with Crippen LogP contribution in [0.15, 0.2) is 41.3 Å². The van der Waals surface area contributed by atoms with Crippen molar-refractivity contribution < 1.29 is 27.5 Å². The van der Waals surface area contributed by atoms with Crippen LogP contribution in [0.25, 0.3) is 0 Å². The first-order chi connectivity index (χ1) is 17.6. The highest BCUT2D eigenvalue weighted by Crippen LogP contribution is 2.38. The van der Waals surface area contributed by atoms with Gasteiger partial charge >= 0.3 is 0 Å². The van der Waals surface area contributed by atoms with Crippen molar-refractivity contribution in [3.63, 3.8) is 0 Å². The number of ketones is 1. The zero-order valence-corrected chi connectivity index (χ0v) is 23.1. The number of sulfonamides is 1. The van der Waals surface area contributed by atoms with Gasteiger partial charge in [-0.25, -0.2) is 13.1 Å². The lowest BCUT2D eigenvalue weighted by Crippen LogP contribution is -2.32.